The highest BCUT2D eigenvalue weighted by Gasteiger charge is 2.29. The Balaban J connectivity index is 2.01. The molecular formula is C16H15BrClN3. The minimum Gasteiger partial charge on any atom is -0.369 e. The van der Waals surface area contributed by atoms with E-state index in [0.29, 0.717) is 17.5 Å². The SMILES string of the molecule is Cc1cccc(C2CN=C(N)N2c2ccc(Cl)c(Br)c2)c1. The Morgan fingerprint density at radius 1 is 1.29 bits per heavy atom. The van der Waals surface area contributed by atoms with E-state index in [0.717, 1.165) is 10.2 Å². The molecule has 0 bridgehead atoms. The zero-order valence-corrected chi connectivity index (χ0v) is 13.9. The third-order valence-corrected chi connectivity index (χ3v) is 4.81. The van der Waals surface area contributed by atoms with E-state index in [-0.39, 0.29) is 6.04 Å². The fourth-order valence-electron chi connectivity index (χ4n) is 2.58. The summed E-state index contributed by atoms with van der Waals surface area (Å²) in [6.45, 7) is 2.75. The number of nitrogens with zero attached hydrogens (tertiary/aromatic N) is 2. The van der Waals surface area contributed by atoms with Crippen LogP contribution in [0.2, 0.25) is 5.02 Å². The third-order valence-electron chi connectivity index (χ3n) is 3.59. The van der Waals surface area contributed by atoms with Crippen LogP contribution in [0.4, 0.5) is 5.69 Å². The van der Waals surface area contributed by atoms with Gasteiger partial charge < -0.3 is 10.6 Å². The molecule has 5 heteroatoms. The summed E-state index contributed by atoms with van der Waals surface area (Å²) in [5, 5.41) is 0.681. The van der Waals surface area contributed by atoms with Gasteiger partial charge in [-0.25, -0.2) is 0 Å². The van der Waals surface area contributed by atoms with Crippen LogP contribution in [0.1, 0.15) is 17.2 Å². The first-order valence-electron chi connectivity index (χ1n) is 6.67. The zero-order chi connectivity index (χ0) is 15.0. The molecule has 0 saturated heterocycles. The fourth-order valence-corrected chi connectivity index (χ4v) is 3.06. The van der Waals surface area contributed by atoms with Crippen LogP contribution in [0.15, 0.2) is 51.9 Å². The lowest BCUT2D eigenvalue weighted by Crippen LogP contribution is -2.36. The highest BCUT2D eigenvalue weighted by atomic mass is 79.9. The summed E-state index contributed by atoms with van der Waals surface area (Å²) in [7, 11) is 0. The molecule has 1 heterocycles. The van der Waals surface area contributed by atoms with E-state index < -0.39 is 0 Å². The smallest absolute Gasteiger partial charge is 0.196 e. The van der Waals surface area contributed by atoms with Gasteiger partial charge in [0.05, 0.1) is 17.6 Å². The molecule has 0 aromatic heterocycles. The molecule has 1 atom stereocenters. The maximum Gasteiger partial charge on any atom is 0.196 e. The normalized spacial score (nSPS) is 18.0. The second-order valence-electron chi connectivity index (χ2n) is 5.10. The molecular weight excluding hydrogens is 350 g/mol. The van der Waals surface area contributed by atoms with E-state index in [9.17, 15) is 0 Å². The van der Waals surface area contributed by atoms with Gasteiger partial charge in [-0.15, -0.1) is 0 Å². The minimum absolute atomic E-state index is 0.123. The lowest BCUT2D eigenvalue weighted by Gasteiger charge is -2.27. The summed E-state index contributed by atoms with van der Waals surface area (Å²) >= 11 is 9.53. The van der Waals surface area contributed by atoms with Crippen LogP contribution in [0.3, 0.4) is 0 Å². The second kappa shape index (κ2) is 5.70. The quantitative estimate of drug-likeness (QED) is 0.864. The number of hydrogen-bond donors (Lipinski definition) is 1. The Bertz CT molecular complexity index is 714. The molecule has 2 aromatic carbocycles. The Kier molecular flexibility index (Phi) is 3.91. The van der Waals surface area contributed by atoms with Crippen molar-refractivity contribution >= 4 is 39.2 Å². The zero-order valence-electron chi connectivity index (χ0n) is 11.6. The third kappa shape index (κ3) is 2.78. The Labute approximate surface area is 137 Å². The van der Waals surface area contributed by atoms with Crippen molar-refractivity contribution in [1.29, 1.82) is 0 Å². The summed E-state index contributed by atoms with van der Waals surface area (Å²) < 4.78 is 0.851. The first-order valence-corrected chi connectivity index (χ1v) is 7.84. The summed E-state index contributed by atoms with van der Waals surface area (Å²) in [5.74, 6) is 0.538. The van der Waals surface area contributed by atoms with Gasteiger partial charge in [-0.3, -0.25) is 4.99 Å². The predicted molar refractivity (Wildman–Crippen MR) is 92.0 cm³/mol. The topological polar surface area (TPSA) is 41.6 Å². The number of rotatable bonds is 2. The summed E-state index contributed by atoms with van der Waals surface area (Å²) in [6.07, 6.45) is 0. The molecule has 2 aromatic rings. The van der Waals surface area contributed by atoms with E-state index >= 15 is 0 Å². The van der Waals surface area contributed by atoms with Gasteiger partial charge in [0.15, 0.2) is 5.96 Å². The highest BCUT2D eigenvalue weighted by Crippen LogP contribution is 2.34. The van der Waals surface area contributed by atoms with Gasteiger partial charge in [-0.05, 0) is 46.6 Å². The van der Waals surface area contributed by atoms with Gasteiger partial charge in [-0.1, -0.05) is 41.4 Å². The Morgan fingerprint density at radius 3 is 2.81 bits per heavy atom. The summed E-state index contributed by atoms with van der Waals surface area (Å²) in [5.41, 5.74) is 9.52. The van der Waals surface area contributed by atoms with Crippen molar-refractivity contribution < 1.29 is 0 Å². The molecule has 0 aliphatic carbocycles. The number of hydrogen-bond acceptors (Lipinski definition) is 3. The summed E-state index contributed by atoms with van der Waals surface area (Å²) in [6, 6.07) is 14.4. The number of halogens is 2. The van der Waals surface area contributed by atoms with Crippen LogP contribution >= 0.6 is 27.5 Å². The molecule has 2 N–H and O–H groups in total. The molecule has 0 saturated carbocycles. The van der Waals surface area contributed by atoms with E-state index in [1.807, 2.05) is 18.2 Å². The van der Waals surface area contributed by atoms with Gasteiger partial charge in [-0.2, -0.15) is 0 Å². The molecule has 1 unspecified atom stereocenters. The van der Waals surface area contributed by atoms with Crippen LogP contribution in [0, 0.1) is 6.92 Å². The van der Waals surface area contributed by atoms with Crippen molar-refractivity contribution in [2.45, 2.75) is 13.0 Å². The van der Waals surface area contributed by atoms with E-state index in [1.54, 1.807) is 0 Å². The van der Waals surface area contributed by atoms with Gasteiger partial charge >= 0.3 is 0 Å². The van der Waals surface area contributed by atoms with Crippen LogP contribution in [-0.4, -0.2) is 12.5 Å². The van der Waals surface area contributed by atoms with E-state index in [2.05, 4.69) is 57.0 Å². The lowest BCUT2D eigenvalue weighted by molar-refractivity contribution is 0.767. The maximum atomic E-state index is 6.09. The number of nitrogens with two attached hydrogens (primary N) is 1. The van der Waals surface area contributed by atoms with Gasteiger partial charge in [0.25, 0.3) is 0 Å². The maximum absolute atomic E-state index is 6.09. The van der Waals surface area contributed by atoms with Gasteiger partial charge in [0.2, 0.25) is 0 Å². The molecule has 1 aliphatic heterocycles. The summed E-state index contributed by atoms with van der Waals surface area (Å²) in [4.78, 5) is 6.46. The molecule has 1 aliphatic rings. The molecule has 21 heavy (non-hydrogen) atoms. The van der Waals surface area contributed by atoms with Crippen LogP contribution < -0.4 is 10.6 Å². The fraction of sp³-hybridized carbons (Fsp3) is 0.188. The van der Waals surface area contributed by atoms with Crippen molar-refractivity contribution in [3.8, 4) is 0 Å². The Hall–Kier alpha value is -1.52. The largest absolute Gasteiger partial charge is 0.369 e. The average molecular weight is 365 g/mol. The number of aliphatic imine (C=N–C) groups is 1. The van der Waals surface area contributed by atoms with Crippen molar-refractivity contribution in [3.63, 3.8) is 0 Å². The van der Waals surface area contributed by atoms with Crippen LogP contribution in [0.5, 0.6) is 0 Å². The van der Waals surface area contributed by atoms with E-state index in [4.69, 9.17) is 17.3 Å². The molecule has 0 amide bonds. The van der Waals surface area contributed by atoms with Crippen molar-refractivity contribution in [3.05, 3.63) is 63.1 Å². The first kappa shape index (κ1) is 14.4. The van der Waals surface area contributed by atoms with Crippen molar-refractivity contribution in [2.24, 2.45) is 10.7 Å². The van der Waals surface area contributed by atoms with Gasteiger partial charge in [0.1, 0.15) is 0 Å². The average Bonchev–Trinajstić information content (AvgIpc) is 2.84. The monoisotopic (exact) mass is 363 g/mol. The standard InChI is InChI=1S/C16H15BrClN3/c1-10-3-2-4-11(7-10)15-9-20-16(19)21(15)12-5-6-14(18)13(17)8-12/h2-8,15H,9H2,1H3,(H2,19,20). The molecule has 3 rings (SSSR count). The minimum atomic E-state index is 0.123. The number of guanidine groups is 1. The van der Waals surface area contributed by atoms with Crippen LogP contribution in [0.25, 0.3) is 0 Å². The number of benzene rings is 2. The van der Waals surface area contributed by atoms with E-state index in [1.165, 1.54) is 11.1 Å². The number of anilines is 1. The highest BCUT2D eigenvalue weighted by molar-refractivity contribution is 9.10. The number of aryl methyl sites for hydroxylation is 1. The van der Waals surface area contributed by atoms with Crippen molar-refractivity contribution in [2.75, 3.05) is 11.4 Å². The lowest BCUT2D eigenvalue weighted by atomic mass is 10.0. The Morgan fingerprint density at radius 2 is 2.10 bits per heavy atom. The first-order chi connectivity index (χ1) is 10.1. The molecule has 0 spiro atoms. The molecule has 0 radical (unpaired) electrons. The van der Waals surface area contributed by atoms with Crippen molar-refractivity contribution in [1.82, 2.24) is 0 Å². The molecule has 108 valence electrons. The second-order valence-corrected chi connectivity index (χ2v) is 6.36. The molecule has 3 nitrogen and oxygen atoms in total. The molecule has 0 fully saturated rings. The predicted octanol–water partition coefficient (Wildman–Crippen LogP) is 4.29. The van der Waals surface area contributed by atoms with Gasteiger partial charge in [0, 0.05) is 10.2 Å². The van der Waals surface area contributed by atoms with Crippen LogP contribution in [-0.2, 0) is 0 Å².